The number of rotatable bonds is 5. The minimum atomic E-state index is -1.01. The normalized spacial score (nSPS) is 16.8. The Hall–Kier alpha value is -2.80. The first-order valence-corrected chi connectivity index (χ1v) is 7.50. The van der Waals surface area contributed by atoms with Crippen LogP contribution >= 0.6 is 0 Å². The first-order valence-electron chi connectivity index (χ1n) is 7.50. The Morgan fingerprint density at radius 3 is 2.88 bits per heavy atom. The number of fused-ring (bicyclic) bond motifs is 1. The zero-order chi connectivity index (χ0) is 17.1. The number of pyridine rings is 1. The number of amides is 1. The van der Waals surface area contributed by atoms with E-state index in [-0.39, 0.29) is 24.7 Å². The lowest BCUT2D eigenvalue weighted by Gasteiger charge is -2.32. The van der Waals surface area contributed by atoms with Crippen molar-refractivity contribution in [3.05, 3.63) is 59.7 Å². The molecular formula is C17H16FN3O3. The SMILES string of the molecule is NC(=O)C1CN(OCCc2ccccc2F)c2cccnc2C1=O. The number of carbonyl (C=O) groups excluding carboxylic acids is 2. The van der Waals surface area contributed by atoms with Crippen LogP contribution in [0.25, 0.3) is 0 Å². The van der Waals surface area contributed by atoms with Crippen LogP contribution in [0.3, 0.4) is 0 Å². The maximum absolute atomic E-state index is 13.6. The van der Waals surface area contributed by atoms with E-state index in [9.17, 15) is 14.0 Å². The number of hydroxylamine groups is 1. The fourth-order valence-corrected chi connectivity index (χ4v) is 2.61. The molecule has 24 heavy (non-hydrogen) atoms. The molecule has 2 aromatic rings. The van der Waals surface area contributed by atoms with Crippen LogP contribution in [0.2, 0.25) is 0 Å². The van der Waals surface area contributed by atoms with E-state index in [1.54, 1.807) is 30.3 Å². The average molecular weight is 329 g/mol. The van der Waals surface area contributed by atoms with Crippen LogP contribution in [0, 0.1) is 11.7 Å². The number of carbonyl (C=O) groups is 2. The Labute approximate surface area is 138 Å². The summed E-state index contributed by atoms with van der Waals surface area (Å²) in [5, 5.41) is 1.43. The molecule has 1 aromatic heterocycles. The summed E-state index contributed by atoms with van der Waals surface area (Å²) >= 11 is 0. The molecule has 1 unspecified atom stereocenters. The number of nitrogens with zero attached hydrogens (tertiary/aromatic N) is 2. The summed E-state index contributed by atoms with van der Waals surface area (Å²) in [6.07, 6.45) is 1.82. The maximum atomic E-state index is 13.6. The van der Waals surface area contributed by atoms with Crippen LogP contribution in [0.5, 0.6) is 0 Å². The largest absolute Gasteiger partial charge is 0.369 e. The molecule has 0 saturated heterocycles. The van der Waals surface area contributed by atoms with E-state index in [0.717, 1.165) is 0 Å². The number of nitrogens with two attached hydrogens (primary N) is 1. The van der Waals surface area contributed by atoms with Gasteiger partial charge in [0, 0.05) is 12.6 Å². The van der Waals surface area contributed by atoms with Crippen LogP contribution in [-0.2, 0) is 16.1 Å². The fourth-order valence-electron chi connectivity index (χ4n) is 2.61. The highest BCUT2D eigenvalue weighted by Gasteiger charge is 2.37. The molecule has 7 heteroatoms. The second-order valence-electron chi connectivity index (χ2n) is 5.43. The van der Waals surface area contributed by atoms with Crippen molar-refractivity contribution in [3.63, 3.8) is 0 Å². The number of primary amides is 1. The van der Waals surface area contributed by atoms with E-state index in [4.69, 9.17) is 10.6 Å². The van der Waals surface area contributed by atoms with Gasteiger partial charge in [0.15, 0.2) is 5.78 Å². The number of halogens is 1. The number of aromatic nitrogens is 1. The van der Waals surface area contributed by atoms with Crippen molar-refractivity contribution in [1.29, 1.82) is 0 Å². The van der Waals surface area contributed by atoms with Gasteiger partial charge in [-0.05, 0) is 23.8 Å². The number of anilines is 1. The highest BCUT2D eigenvalue weighted by atomic mass is 19.1. The van der Waals surface area contributed by atoms with E-state index < -0.39 is 17.6 Å². The lowest BCUT2D eigenvalue weighted by atomic mass is 9.95. The Morgan fingerprint density at radius 1 is 1.33 bits per heavy atom. The molecule has 0 bridgehead atoms. The monoisotopic (exact) mass is 329 g/mol. The number of benzene rings is 1. The predicted octanol–water partition coefficient (Wildman–Crippen LogP) is 1.50. The molecular weight excluding hydrogens is 313 g/mol. The molecule has 0 fully saturated rings. The first kappa shape index (κ1) is 16.1. The van der Waals surface area contributed by atoms with Crippen molar-refractivity contribution in [2.45, 2.75) is 6.42 Å². The zero-order valence-corrected chi connectivity index (χ0v) is 12.8. The molecule has 6 nitrogen and oxygen atoms in total. The van der Waals surface area contributed by atoms with E-state index in [0.29, 0.717) is 17.7 Å². The van der Waals surface area contributed by atoms with Gasteiger partial charge in [0.05, 0.1) is 18.8 Å². The second kappa shape index (κ2) is 6.76. The van der Waals surface area contributed by atoms with Crippen molar-refractivity contribution in [1.82, 2.24) is 4.98 Å². The molecule has 1 amide bonds. The number of ketones is 1. The molecule has 1 aliphatic rings. The highest BCUT2D eigenvalue weighted by Crippen LogP contribution is 2.28. The van der Waals surface area contributed by atoms with Gasteiger partial charge in [0.1, 0.15) is 17.4 Å². The van der Waals surface area contributed by atoms with Crippen molar-refractivity contribution in [3.8, 4) is 0 Å². The van der Waals surface area contributed by atoms with Crippen molar-refractivity contribution >= 4 is 17.4 Å². The molecule has 0 aliphatic carbocycles. The minimum absolute atomic E-state index is 0.0180. The molecule has 2 heterocycles. The Kier molecular flexibility index (Phi) is 4.52. The summed E-state index contributed by atoms with van der Waals surface area (Å²) in [6.45, 7) is 0.207. The molecule has 1 aliphatic heterocycles. The number of hydrogen-bond acceptors (Lipinski definition) is 5. The van der Waals surface area contributed by atoms with Gasteiger partial charge in [0.25, 0.3) is 0 Å². The van der Waals surface area contributed by atoms with Gasteiger partial charge < -0.3 is 5.73 Å². The fraction of sp³-hybridized carbons (Fsp3) is 0.235. The van der Waals surface area contributed by atoms with Gasteiger partial charge in [-0.1, -0.05) is 18.2 Å². The van der Waals surface area contributed by atoms with Crippen LogP contribution in [0.1, 0.15) is 16.1 Å². The third kappa shape index (κ3) is 3.11. The molecule has 0 spiro atoms. The smallest absolute Gasteiger partial charge is 0.230 e. The Bertz CT molecular complexity index is 781. The molecule has 1 aromatic carbocycles. The standard InChI is InChI=1S/C17H16FN3O3/c18-13-5-2-1-4-11(13)7-9-24-21-10-12(17(19)23)16(22)15-14(21)6-3-8-20-15/h1-6,8,12H,7,9-10H2,(H2,19,23). The molecule has 3 rings (SSSR count). The lowest BCUT2D eigenvalue weighted by molar-refractivity contribution is -0.120. The van der Waals surface area contributed by atoms with Gasteiger partial charge in [-0.15, -0.1) is 0 Å². The highest BCUT2D eigenvalue weighted by molar-refractivity contribution is 6.13. The lowest BCUT2D eigenvalue weighted by Crippen LogP contribution is -2.45. The van der Waals surface area contributed by atoms with Crippen molar-refractivity contribution < 1.29 is 18.8 Å². The van der Waals surface area contributed by atoms with Crippen LogP contribution in [0.4, 0.5) is 10.1 Å². The molecule has 1 atom stereocenters. The topological polar surface area (TPSA) is 85.5 Å². The Morgan fingerprint density at radius 2 is 2.12 bits per heavy atom. The summed E-state index contributed by atoms with van der Waals surface area (Å²) in [5.41, 5.74) is 6.46. The molecule has 2 N–H and O–H groups in total. The summed E-state index contributed by atoms with van der Waals surface area (Å²) in [6, 6.07) is 9.79. The van der Waals surface area contributed by atoms with Crippen LogP contribution in [0.15, 0.2) is 42.6 Å². The van der Waals surface area contributed by atoms with E-state index >= 15 is 0 Å². The molecule has 0 saturated carbocycles. The summed E-state index contributed by atoms with van der Waals surface area (Å²) in [7, 11) is 0. The summed E-state index contributed by atoms with van der Waals surface area (Å²) < 4.78 is 13.6. The van der Waals surface area contributed by atoms with E-state index in [1.165, 1.54) is 17.3 Å². The zero-order valence-electron chi connectivity index (χ0n) is 12.8. The summed E-state index contributed by atoms with van der Waals surface area (Å²) in [5.74, 6) is -2.45. The van der Waals surface area contributed by atoms with E-state index in [2.05, 4.69) is 4.98 Å². The molecule has 124 valence electrons. The van der Waals surface area contributed by atoms with Gasteiger partial charge in [-0.25, -0.2) is 4.39 Å². The second-order valence-corrected chi connectivity index (χ2v) is 5.43. The van der Waals surface area contributed by atoms with Gasteiger partial charge in [-0.3, -0.25) is 24.5 Å². The molecule has 0 radical (unpaired) electrons. The maximum Gasteiger partial charge on any atom is 0.230 e. The number of hydrogen-bond donors (Lipinski definition) is 1. The average Bonchev–Trinajstić information content (AvgIpc) is 2.58. The third-order valence-electron chi connectivity index (χ3n) is 3.87. The Balaban J connectivity index is 1.75. The minimum Gasteiger partial charge on any atom is -0.369 e. The summed E-state index contributed by atoms with van der Waals surface area (Å²) in [4.78, 5) is 33.4. The van der Waals surface area contributed by atoms with Gasteiger partial charge in [0.2, 0.25) is 5.91 Å². The predicted molar refractivity (Wildman–Crippen MR) is 84.7 cm³/mol. The van der Waals surface area contributed by atoms with Crippen LogP contribution < -0.4 is 10.8 Å². The van der Waals surface area contributed by atoms with Crippen molar-refractivity contribution in [2.75, 3.05) is 18.2 Å². The third-order valence-corrected chi connectivity index (χ3v) is 3.87. The van der Waals surface area contributed by atoms with Crippen molar-refractivity contribution in [2.24, 2.45) is 11.7 Å². The quantitative estimate of drug-likeness (QED) is 0.840. The first-order chi connectivity index (χ1) is 11.6. The van der Waals surface area contributed by atoms with Crippen LogP contribution in [-0.4, -0.2) is 29.8 Å². The van der Waals surface area contributed by atoms with E-state index in [1.807, 2.05) is 0 Å². The number of Topliss-reactive ketones (excluding diaryl/α,β-unsaturated/α-hetero) is 1. The van der Waals surface area contributed by atoms with Gasteiger partial charge >= 0.3 is 0 Å². The van der Waals surface area contributed by atoms with Gasteiger partial charge in [-0.2, -0.15) is 0 Å².